The number of hydrogen-bond donors (Lipinski definition) is 1. The predicted octanol–water partition coefficient (Wildman–Crippen LogP) is 3.38. The molecule has 0 saturated heterocycles. The van der Waals surface area contributed by atoms with Crippen LogP contribution in [0, 0.1) is 5.92 Å². The molecule has 3 nitrogen and oxygen atoms in total. The molecule has 1 aliphatic rings. The molecule has 3 heteroatoms. The average molecular weight is 250 g/mol. The summed E-state index contributed by atoms with van der Waals surface area (Å²) in [5, 5.41) is 14.7. The van der Waals surface area contributed by atoms with E-state index in [0.717, 1.165) is 36.6 Å². The van der Waals surface area contributed by atoms with Gasteiger partial charge < -0.3 is 5.11 Å². The monoisotopic (exact) mass is 250 g/mol. The normalized spacial score (nSPS) is 19.1. The molecule has 2 rings (SSSR count). The van der Waals surface area contributed by atoms with Crippen LogP contribution < -0.4 is 0 Å². The van der Waals surface area contributed by atoms with Crippen molar-refractivity contribution in [3.05, 3.63) is 17.5 Å². The van der Waals surface area contributed by atoms with Crippen LogP contribution in [0.25, 0.3) is 0 Å². The van der Waals surface area contributed by atoms with Gasteiger partial charge in [-0.1, -0.05) is 39.0 Å². The maximum atomic E-state index is 10.3. The summed E-state index contributed by atoms with van der Waals surface area (Å²) in [5.41, 5.74) is 2.05. The van der Waals surface area contributed by atoms with Gasteiger partial charge in [0.25, 0.3) is 0 Å². The van der Waals surface area contributed by atoms with E-state index in [1.54, 1.807) is 0 Å². The molecule has 0 bridgehead atoms. The summed E-state index contributed by atoms with van der Waals surface area (Å²) in [4.78, 5) is 0. The second-order valence-corrected chi connectivity index (χ2v) is 5.63. The first-order valence-electron chi connectivity index (χ1n) is 7.41. The van der Waals surface area contributed by atoms with Gasteiger partial charge in [-0.25, -0.2) is 0 Å². The second-order valence-electron chi connectivity index (χ2n) is 5.63. The van der Waals surface area contributed by atoms with E-state index in [1.807, 2.05) is 17.8 Å². The van der Waals surface area contributed by atoms with Crippen molar-refractivity contribution in [2.24, 2.45) is 13.0 Å². The fourth-order valence-electron chi connectivity index (χ4n) is 3.05. The van der Waals surface area contributed by atoms with Crippen molar-refractivity contribution in [2.45, 2.75) is 64.4 Å². The van der Waals surface area contributed by atoms with Gasteiger partial charge in [-0.15, -0.1) is 0 Å². The molecule has 0 amide bonds. The fourth-order valence-corrected chi connectivity index (χ4v) is 3.05. The Hall–Kier alpha value is -0.830. The lowest BCUT2D eigenvalue weighted by atomic mass is 9.85. The quantitative estimate of drug-likeness (QED) is 0.870. The number of nitrogens with zero attached hydrogens (tertiary/aromatic N) is 2. The highest BCUT2D eigenvalue weighted by molar-refractivity contribution is 5.12. The lowest BCUT2D eigenvalue weighted by Crippen LogP contribution is -2.10. The van der Waals surface area contributed by atoms with E-state index in [2.05, 4.69) is 12.0 Å². The molecule has 1 N–H and O–H groups in total. The van der Waals surface area contributed by atoms with Crippen LogP contribution in [0.15, 0.2) is 6.07 Å². The summed E-state index contributed by atoms with van der Waals surface area (Å²) in [6, 6.07) is 2.05. The molecule has 1 unspecified atom stereocenters. The van der Waals surface area contributed by atoms with Gasteiger partial charge in [0.1, 0.15) is 0 Å². The van der Waals surface area contributed by atoms with Gasteiger partial charge in [0.2, 0.25) is 0 Å². The molecule has 1 heterocycles. The minimum Gasteiger partial charge on any atom is -0.387 e. The van der Waals surface area contributed by atoms with Gasteiger partial charge in [0.05, 0.1) is 17.5 Å². The maximum absolute atomic E-state index is 10.3. The molecule has 1 saturated carbocycles. The Morgan fingerprint density at radius 3 is 2.72 bits per heavy atom. The van der Waals surface area contributed by atoms with Crippen molar-refractivity contribution in [3.8, 4) is 0 Å². The number of hydrogen-bond acceptors (Lipinski definition) is 2. The van der Waals surface area contributed by atoms with Crippen LogP contribution in [0.2, 0.25) is 0 Å². The summed E-state index contributed by atoms with van der Waals surface area (Å²) in [7, 11) is 1.93. The molecule has 1 aromatic rings. The highest BCUT2D eigenvalue weighted by Gasteiger charge is 2.18. The summed E-state index contributed by atoms with van der Waals surface area (Å²) >= 11 is 0. The molecule has 1 aromatic heterocycles. The first kappa shape index (κ1) is 13.6. The number of aliphatic hydroxyl groups excluding tert-OH is 1. The van der Waals surface area contributed by atoms with Crippen molar-refractivity contribution in [1.82, 2.24) is 9.78 Å². The Labute approximate surface area is 110 Å². The Morgan fingerprint density at radius 2 is 2.11 bits per heavy atom. The lowest BCUT2D eigenvalue weighted by Gasteiger charge is -2.22. The van der Waals surface area contributed by atoms with Gasteiger partial charge in [-0.2, -0.15) is 5.10 Å². The van der Waals surface area contributed by atoms with Gasteiger partial charge >= 0.3 is 0 Å². The Bertz CT molecular complexity index is 367. The van der Waals surface area contributed by atoms with E-state index in [0.29, 0.717) is 0 Å². The van der Waals surface area contributed by atoms with E-state index in [-0.39, 0.29) is 6.10 Å². The third-order valence-corrected chi connectivity index (χ3v) is 4.24. The summed E-state index contributed by atoms with van der Waals surface area (Å²) in [6.45, 7) is 2.10. The van der Waals surface area contributed by atoms with E-state index in [9.17, 15) is 5.11 Å². The largest absolute Gasteiger partial charge is 0.387 e. The van der Waals surface area contributed by atoms with E-state index in [1.165, 1.54) is 32.1 Å². The minimum absolute atomic E-state index is 0.343. The van der Waals surface area contributed by atoms with Crippen LogP contribution in [0.1, 0.15) is 69.4 Å². The molecule has 18 heavy (non-hydrogen) atoms. The standard InChI is InChI=1S/C15H26N2O/c1-3-13-11-14(17(2)16-13)15(18)10-9-12-7-5-4-6-8-12/h11-12,15,18H,3-10H2,1-2H3. The van der Waals surface area contributed by atoms with Crippen molar-refractivity contribution in [3.63, 3.8) is 0 Å². The third kappa shape index (κ3) is 3.35. The number of aromatic nitrogens is 2. The predicted molar refractivity (Wildman–Crippen MR) is 73.4 cm³/mol. The zero-order valence-corrected chi connectivity index (χ0v) is 11.7. The third-order valence-electron chi connectivity index (χ3n) is 4.24. The molecule has 1 aliphatic carbocycles. The van der Waals surface area contributed by atoms with Crippen LogP contribution in [0.4, 0.5) is 0 Å². The summed E-state index contributed by atoms with van der Waals surface area (Å²) < 4.78 is 1.84. The van der Waals surface area contributed by atoms with E-state index in [4.69, 9.17) is 0 Å². The van der Waals surface area contributed by atoms with Crippen LogP contribution in [-0.4, -0.2) is 14.9 Å². The van der Waals surface area contributed by atoms with E-state index >= 15 is 0 Å². The van der Waals surface area contributed by atoms with Crippen molar-refractivity contribution < 1.29 is 5.11 Å². The van der Waals surface area contributed by atoms with Crippen molar-refractivity contribution in [2.75, 3.05) is 0 Å². The minimum atomic E-state index is -0.343. The average Bonchev–Trinajstić information content (AvgIpc) is 2.78. The lowest BCUT2D eigenvalue weighted by molar-refractivity contribution is 0.143. The molecule has 102 valence electrons. The first-order valence-corrected chi connectivity index (χ1v) is 7.41. The molecular weight excluding hydrogens is 224 g/mol. The summed E-state index contributed by atoms with van der Waals surface area (Å²) in [5.74, 6) is 0.840. The first-order chi connectivity index (χ1) is 8.70. The molecule has 0 aliphatic heterocycles. The maximum Gasteiger partial charge on any atom is 0.0956 e. The topological polar surface area (TPSA) is 38.0 Å². The van der Waals surface area contributed by atoms with Gasteiger partial charge in [-0.05, 0) is 31.2 Å². The van der Waals surface area contributed by atoms with Gasteiger partial charge in [-0.3, -0.25) is 4.68 Å². The molecule has 0 radical (unpaired) electrons. The van der Waals surface area contributed by atoms with Crippen LogP contribution in [0.3, 0.4) is 0 Å². The fraction of sp³-hybridized carbons (Fsp3) is 0.800. The van der Waals surface area contributed by atoms with Crippen LogP contribution in [-0.2, 0) is 13.5 Å². The van der Waals surface area contributed by atoms with Crippen molar-refractivity contribution in [1.29, 1.82) is 0 Å². The summed E-state index contributed by atoms with van der Waals surface area (Å²) in [6.07, 6.45) is 9.52. The smallest absolute Gasteiger partial charge is 0.0956 e. The highest BCUT2D eigenvalue weighted by atomic mass is 16.3. The molecule has 0 aromatic carbocycles. The SMILES string of the molecule is CCc1cc(C(O)CCC2CCCCC2)n(C)n1. The molecule has 1 atom stereocenters. The Morgan fingerprint density at radius 1 is 1.39 bits per heavy atom. The second kappa shape index (κ2) is 6.37. The zero-order chi connectivity index (χ0) is 13.0. The number of aryl methyl sites for hydroxylation is 2. The van der Waals surface area contributed by atoms with Crippen LogP contribution >= 0.6 is 0 Å². The Balaban J connectivity index is 1.86. The number of rotatable bonds is 5. The van der Waals surface area contributed by atoms with Gasteiger partial charge in [0, 0.05) is 7.05 Å². The number of aliphatic hydroxyl groups is 1. The van der Waals surface area contributed by atoms with Gasteiger partial charge in [0.15, 0.2) is 0 Å². The highest BCUT2D eigenvalue weighted by Crippen LogP contribution is 2.30. The molecule has 0 spiro atoms. The van der Waals surface area contributed by atoms with Crippen molar-refractivity contribution >= 4 is 0 Å². The molecule has 1 fully saturated rings. The zero-order valence-electron chi connectivity index (χ0n) is 11.7. The Kier molecular flexibility index (Phi) is 4.81. The molecular formula is C15H26N2O. The van der Waals surface area contributed by atoms with Crippen LogP contribution in [0.5, 0.6) is 0 Å². The van der Waals surface area contributed by atoms with E-state index < -0.39 is 0 Å².